The van der Waals surface area contributed by atoms with Gasteiger partial charge in [-0.3, -0.25) is 0 Å². The number of rotatable bonds is 4. The Morgan fingerprint density at radius 2 is 1.86 bits per heavy atom. The fourth-order valence-corrected chi connectivity index (χ4v) is 1.85. The van der Waals surface area contributed by atoms with Crippen molar-refractivity contribution in [3.63, 3.8) is 0 Å². The highest BCUT2D eigenvalue weighted by atomic mass is 28.3. The van der Waals surface area contributed by atoms with Crippen LogP contribution in [0.4, 0.5) is 0 Å². The summed E-state index contributed by atoms with van der Waals surface area (Å²) in [5, 5.41) is 10.8. The SMILES string of the molecule is CC(C)C[SiH](N)N.COC=C(C)OC. The maximum absolute atomic E-state index is 5.41. The zero-order valence-electron chi connectivity index (χ0n) is 9.91. The zero-order chi connectivity index (χ0) is 11.6. The van der Waals surface area contributed by atoms with Gasteiger partial charge in [0.15, 0.2) is 9.12 Å². The molecule has 4 N–H and O–H groups in total. The second-order valence-corrected chi connectivity index (χ2v) is 5.26. The number of hydrogen-bond acceptors (Lipinski definition) is 4. The molecule has 0 aromatic heterocycles. The van der Waals surface area contributed by atoms with Crippen LogP contribution in [0.5, 0.6) is 0 Å². The van der Waals surface area contributed by atoms with Gasteiger partial charge in [-0.05, 0) is 18.9 Å². The number of allylic oxidation sites excluding steroid dienone is 1. The smallest absolute Gasteiger partial charge is 0.179 e. The third kappa shape index (κ3) is 17.5. The monoisotopic (exact) mass is 220 g/mol. The molecular formula is C9H24N2O2Si. The van der Waals surface area contributed by atoms with Crippen LogP contribution in [-0.4, -0.2) is 23.3 Å². The quantitative estimate of drug-likeness (QED) is 0.546. The number of hydrogen-bond donors (Lipinski definition) is 2. The number of nitrogens with two attached hydrogens (primary N) is 2. The van der Waals surface area contributed by atoms with E-state index < -0.39 is 9.12 Å². The van der Waals surface area contributed by atoms with E-state index in [0.717, 1.165) is 11.8 Å². The highest BCUT2D eigenvalue weighted by molar-refractivity contribution is 6.51. The molecular weight excluding hydrogens is 196 g/mol. The van der Waals surface area contributed by atoms with Gasteiger partial charge in [-0.1, -0.05) is 13.8 Å². The lowest BCUT2D eigenvalue weighted by Crippen LogP contribution is -2.37. The fraction of sp³-hybridized carbons (Fsp3) is 0.778. The minimum Gasteiger partial charge on any atom is -0.501 e. The van der Waals surface area contributed by atoms with Crippen molar-refractivity contribution in [1.29, 1.82) is 0 Å². The standard InChI is InChI=1S/C5H10O2.C4H14N2Si/c1-5(7-3)4-6-2;1-4(2)3-7(5)6/h4H,1-3H3;4,7H,3,5-6H2,1-2H3. The highest BCUT2D eigenvalue weighted by Crippen LogP contribution is 1.97. The van der Waals surface area contributed by atoms with Crippen LogP contribution in [0.15, 0.2) is 12.0 Å². The maximum atomic E-state index is 5.41. The molecule has 4 nitrogen and oxygen atoms in total. The summed E-state index contributed by atoms with van der Waals surface area (Å²) in [5.41, 5.74) is 0. The molecule has 0 aromatic carbocycles. The minimum absolute atomic E-state index is 0.687. The molecule has 0 aromatic rings. The zero-order valence-corrected chi connectivity index (χ0v) is 11.1. The predicted molar refractivity (Wildman–Crippen MR) is 62.9 cm³/mol. The number of methoxy groups -OCH3 is 2. The van der Waals surface area contributed by atoms with Gasteiger partial charge in [0.25, 0.3) is 0 Å². The van der Waals surface area contributed by atoms with E-state index in [0.29, 0.717) is 5.92 Å². The molecule has 5 heteroatoms. The van der Waals surface area contributed by atoms with Crippen LogP contribution in [0.2, 0.25) is 6.04 Å². The molecule has 0 aliphatic heterocycles. The molecule has 0 aliphatic carbocycles. The molecule has 0 unspecified atom stereocenters. The van der Waals surface area contributed by atoms with Crippen LogP contribution in [0.1, 0.15) is 20.8 Å². The molecule has 0 heterocycles. The average molecular weight is 220 g/mol. The summed E-state index contributed by atoms with van der Waals surface area (Å²) in [6.07, 6.45) is 1.54. The van der Waals surface area contributed by atoms with Gasteiger partial charge in [0.1, 0.15) is 12.0 Å². The van der Waals surface area contributed by atoms with Crippen LogP contribution in [-0.2, 0) is 9.47 Å². The van der Waals surface area contributed by atoms with E-state index in [4.69, 9.17) is 15.5 Å². The van der Waals surface area contributed by atoms with Gasteiger partial charge in [0.05, 0.1) is 14.2 Å². The Bertz CT molecular complexity index is 144. The highest BCUT2D eigenvalue weighted by Gasteiger charge is 1.98. The van der Waals surface area contributed by atoms with Crippen molar-refractivity contribution in [2.24, 2.45) is 16.7 Å². The minimum atomic E-state index is -1.23. The van der Waals surface area contributed by atoms with Gasteiger partial charge in [-0.15, -0.1) is 0 Å². The van der Waals surface area contributed by atoms with Crippen molar-refractivity contribution in [2.45, 2.75) is 26.8 Å². The second-order valence-electron chi connectivity index (χ2n) is 3.46. The lowest BCUT2D eigenvalue weighted by molar-refractivity contribution is 0.251. The van der Waals surface area contributed by atoms with Crippen molar-refractivity contribution >= 4 is 9.12 Å². The summed E-state index contributed by atoms with van der Waals surface area (Å²) in [4.78, 5) is 0. The molecule has 0 aliphatic rings. The first kappa shape index (κ1) is 15.9. The Balaban J connectivity index is 0. The Labute approximate surface area is 89.0 Å². The van der Waals surface area contributed by atoms with Gasteiger partial charge < -0.3 is 20.3 Å². The van der Waals surface area contributed by atoms with E-state index >= 15 is 0 Å². The molecule has 0 fully saturated rings. The summed E-state index contributed by atoms with van der Waals surface area (Å²) >= 11 is 0. The van der Waals surface area contributed by atoms with Gasteiger partial charge in [-0.25, -0.2) is 0 Å². The summed E-state index contributed by atoms with van der Waals surface area (Å²) in [6.45, 7) is 6.10. The molecule has 0 spiro atoms. The van der Waals surface area contributed by atoms with Crippen LogP contribution in [0, 0.1) is 5.92 Å². The molecule has 0 atom stereocenters. The lowest BCUT2D eigenvalue weighted by atomic mass is 10.3. The van der Waals surface area contributed by atoms with Crippen LogP contribution in [0.25, 0.3) is 0 Å². The molecule has 0 saturated heterocycles. The maximum Gasteiger partial charge on any atom is 0.179 e. The second kappa shape index (κ2) is 10.6. The summed E-state index contributed by atoms with van der Waals surface area (Å²) in [5.74, 6) is 1.47. The van der Waals surface area contributed by atoms with Gasteiger partial charge >= 0.3 is 0 Å². The first-order chi connectivity index (χ1) is 6.43. The molecule has 0 saturated carbocycles. The van der Waals surface area contributed by atoms with Crippen molar-refractivity contribution in [3.8, 4) is 0 Å². The Morgan fingerprint density at radius 3 is 1.93 bits per heavy atom. The Kier molecular flexibility index (Phi) is 12.0. The molecule has 0 bridgehead atoms. The largest absolute Gasteiger partial charge is 0.501 e. The normalized spacial score (nSPS) is 11.1. The van der Waals surface area contributed by atoms with Crippen molar-refractivity contribution in [2.75, 3.05) is 14.2 Å². The van der Waals surface area contributed by atoms with Crippen LogP contribution in [0.3, 0.4) is 0 Å². The van der Waals surface area contributed by atoms with Crippen molar-refractivity contribution in [1.82, 2.24) is 0 Å². The molecule has 0 amide bonds. The molecule has 86 valence electrons. The summed E-state index contributed by atoms with van der Waals surface area (Å²) in [6, 6.07) is 1.06. The van der Waals surface area contributed by atoms with Gasteiger partial charge in [-0.2, -0.15) is 0 Å². The molecule has 0 radical (unpaired) electrons. The van der Waals surface area contributed by atoms with E-state index in [-0.39, 0.29) is 0 Å². The summed E-state index contributed by atoms with van der Waals surface area (Å²) in [7, 11) is 1.96. The number of ether oxygens (including phenoxy) is 2. The van der Waals surface area contributed by atoms with Crippen LogP contribution >= 0.6 is 0 Å². The van der Waals surface area contributed by atoms with E-state index in [1.54, 1.807) is 20.5 Å². The lowest BCUT2D eigenvalue weighted by Gasteiger charge is -2.03. The third-order valence-electron chi connectivity index (χ3n) is 1.35. The van der Waals surface area contributed by atoms with Crippen molar-refractivity contribution < 1.29 is 9.47 Å². The first-order valence-corrected chi connectivity index (χ1v) is 6.83. The first-order valence-electron chi connectivity index (χ1n) is 4.68. The van der Waals surface area contributed by atoms with E-state index in [1.165, 1.54) is 0 Å². The van der Waals surface area contributed by atoms with E-state index in [2.05, 4.69) is 18.6 Å². The fourth-order valence-electron chi connectivity index (χ4n) is 0.758. The Hall–Kier alpha value is -0.523. The molecule has 14 heavy (non-hydrogen) atoms. The average Bonchev–Trinajstić information content (AvgIpc) is 2.03. The third-order valence-corrected chi connectivity index (χ3v) is 2.84. The van der Waals surface area contributed by atoms with E-state index in [1.807, 2.05) is 6.92 Å². The van der Waals surface area contributed by atoms with Crippen LogP contribution < -0.4 is 10.8 Å². The predicted octanol–water partition coefficient (Wildman–Crippen LogP) is 0.921. The summed E-state index contributed by atoms with van der Waals surface area (Å²) < 4.78 is 9.33. The topological polar surface area (TPSA) is 70.5 Å². The van der Waals surface area contributed by atoms with Gasteiger partial charge in [0, 0.05) is 0 Å². The van der Waals surface area contributed by atoms with Crippen molar-refractivity contribution in [3.05, 3.63) is 12.0 Å². The van der Waals surface area contributed by atoms with E-state index in [9.17, 15) is 0 Å². The van der Waals surface area contributed by atoms with Gasteiger partial charge in [0.2, 0.25) is 0 Å². The molecule has 0 rings (SSSR count). The Morgan fingerprint density at radius 1 is 1.36 bits per heavy atom.